The van der Waals surface area contributed by atoms with E-state index in [4.69, 9.17) is 22.1 Å². The smallest absolute Gasteiger partial charge is 0.250 e. The van der Waals surface area contributed by atoms with E-state index in [0.717, 1.165) is 0 Å². The molecule has 0 bridgehead atoms. The minimum absolute atomic E-state index is 0.0802. The molecule has 0 atom stereocenters. The van der Waals surface area contributed by atoms with Crippen molar-refractivity contribution in [3.05, 3.63) is 52.5 Å². The van der Waals surface area contributed by atoms with E-state index < -0.39 is 5.91 Å². The van der Waals surface area contributed by atoms with Gasteiger partial charge in [0.15, 0.2) is 11.5 Å². The lowest BCUT2D eigenvalue weighted by Gasteiger charge is -2.11. The molecule has 4 N–H and O–H groups in total. The summed E-state index contributed by atoms with van der Waals surface area (Å²) in [5, 5.41) is 13.4. The normalized spacial score (nSPS) is 10.2. The summed E-state index contributed by atoms with van der Waals surface area (Å²) < 4.78 is 5.05. The number of primary amides is 1. The SMILES string of the molecule is COc1cccc(CNc2ccc(Cl)c(C(N)=O)c2)c1O. The molecule has 2 aromatic rings. The van der Waals surface area contributed by atoms with Gasteiger partial charge in [-0.1, -0.05) is 23.7 Å². The molecule has 0 aromatic heterocycles. The Hall–Kier alpha value is -2.40. The first-order valence-corrected chi connectivity index (χ1v) is 6.58. The number of phenols is 1. The van der Waals surface area contributed by atoms with E-state index in [-0.39, 0.29) is 11.3 Å². The van der Waals surface area contributed by atoms with Crippen LogP contribution in [-0.4, -0.2) is 18.1 Å². The number of halogens is 1. The molecule has 21 heavy (non-hydrogen) atoms. The number of anilines is 1. The third-order valence-corrected chi connectivity index (χ3v) is 3.35. The monoisotopic (exact) mass is 306 g/mol. The van der Waals surface area contributed by atoms with E-state index >= 15 is 0 Å². The van der Waals surface area contributed by atoms with E-state index in [2.05, 4.69) is 5.32 Å². The number of carbonyl (C=O) groups is 1. The van der Waals surface area contributed by atoms with Gasteiger partial charge in [-0.3, -0.25) is 4.79 Å². The number of benzene rings is 2. The van der Waals surface area contributed by atoms with E-state index in [9.17, 15) is 9.90 Å². The Morgan fingerprint density at radius 2 is 2.14 bits per heavy atom. The first-order chi connectivity index (χ1) is 10.0. The van der Waals surface area contributed by atoms with Crippen LogP contribution >= 0.6 is 11.6 Å². The van der Waals surface area contributed by atoms with E-state index in [1.165, 1.54) is 7.11 Å². The molecule has 0 saturated heterocycles. The largest absolute Gasteiger partial charge is 0.504 e. The predicted octanol–water partition coefficient (Wildman–Crippen LogP) is 2.77. The summed E-state index contributed by atoms with van der Waals surface area (Å²) in [4.78, 5) is 11.2. The fraction of sp³-hybridized carbons (Fsp3) is 0.133. The second-order valence-electron chi connectivity index (χ2n) is 4.38. The Morgan fingerprint density at radius 3 is 2.81 bits per heavy atom. The van der Waals surface area contributed by atoms with Gasteiger partial charge in [-0.25, -0.2) is 0 Å². The van der Waals surface area contributed by atoms with Gasteiger partial charge in [-0.15, -0.1) is 0 Å². The number of methoxy groups -OCH3 is 1. The summed E-state index contributed by atoms with van der Waals surface area (Å²) in [6.45, 7) is 0.364. The number of ether oxygens (including phenoxy) is 1. The molecule has 6 heteroatoms. The van der Waals surface area contributed by atoms with Crippen LogP contribution in [0, 0.1) is 0 Å². The van der Waals surface area contributed by atoms with Crippen LogP contribution in [0.25, 0.3) is 0 Å². The van der Waals surface area contributed by atoms with Gasteiger partial charge in [0.2, 0.25) is 5.91 Å². The Balaban J connectivity index is 2.17. The highest BCUT2D eigenvalue weighted by Crippen LogP contribution is 2.30. The van der Waals surface area contributed by atoms with Crippen LogP contribution in [0.2, 0.25) is 5.02 Å². The molecule has 0 aliphatic heterocycles. The van der Waals surface area contributed by atoms with Crippen molar-refractivity contribution < 1.29 is 14.6 Å². The van der Waals surface area contributed by atoms with Crippen molar-refractivity contribution in [3.8, 4) is 11.5 Å². The summed E-state index contributed by atoms with van der Waals surface area (Å²) in [5.41, 5.74) is 6.84. The second-order valence-corrected chi connectivity index (χ2v) is 4.79. The number of carbonyl (C=O) groups excluding carboxylic acids is 1. The minimum atomic E-state index is -0.590. The first-order valence-electron chi connectivity index (χ1n) is 6.21. The highest BCUT2D eigenvalue weighted by molar-refractivity contribution is 6.33. The molecule has 2 aromatic carbocycles. The quantitative estimate of drug-likeness (QED) is 0.793. The molecular formula is C15H15ClN2O3. The van der Waals surface area contributed by atoms with Crippen molar-refractivity contribution in [2.45, 2.75) is 6.54 Å². The highest BCUT2D eigenvalue weighted by Gasteiger charge is 2.09. The predicted molar refractivity (Wildman–Crippen MR) is 82.0 cm³/mol. The van der Waals surface area contributed by atoms with Crippen LogP contribution in [0.4, 0.5) is 5.69 Å². The topological polar surface area (TPSA) is 84.6 Å². The molecule has 2 rings (SSSR count). The molecule has 0 spiro atoms. The van der Waals surface area contributed by atoms with E-state index in [1.54, 1.807) is 36.4 Å². The zero-order chi connectivity index (χ0) is 15.4. The third kappa shape index (κ3) is 3.38. The summed E-state index contributed by atoms with van der Waals surface area (Å²) in [5.74, 6) is -0.104. The average Bonchev–Trinajstić information content (AvgIpc) is 2.47. The van der Waals surface area contributed by atoms with Crippen molar-refractivity contribution in [2.24, 2.45) is 5.73 Å². The summed E-state index contributed by atoms with van der Waals surface area (Å²) in [6, 6.07) is 10.1. The Kier molecular flexibility index (Phi) is 4.55. The molecule has 0 heterocycles. The maximum absolute atomic E-state index is 11.2. The van der Waals surface area contributed by atoms with E-state index in [1.807, 2.05) is 0 Å². The zero-order valence-corrected chi connectivity index (χ0v) is 12.1. The molecule has 0 fully saturated rings. The molecular weight excluding hydrogens is 292 g/mol. The summed E-state index contributed by atoms with van der Waals surface area (Å²) >= 11 is 5.89. The molecule has 110 valence electrons. The van der Waals surface area contributed by atoms with Crippen molar-refractivity contribution in [2.75, 3.05) is 12.4 Å². The van der Waals surface area contributed by atoms with Crippen LogP contribution in [0.1, 0.15) is 15.9 Å². The number of hydrogen-bond donors (Lipinski definition) is 3. The second kappa shape index (κ2) is 6.37. The number of amides is 1. The maximum Gasteiger partial charge on any atom is 0.250 e. The van der Waals surface area contributed by atoms with Gasteiger partial charge in [-0.05, 0) is 24.3 Å². The highest BCUT2D eigenvalue weighted by atomic mass is 35.5. The van der Waals surface area contributed by atoms with Gasteiger partial charge < -0.3 is 20.9 Å². The van der Waals surface area contributed by atoms with Gasteiger partial charge in [0.1, 0.15) is 0 Å². The van der Waals surface area contributed by atoms with Crippen molar-refractivity contribution >= 4 is 23.2 Å². The molecule has 0 aliphatic carbocycles. The standard InChI is InChI=1S/C15H15ClN2O3/c1-21-13-4-2-3-9(14(13)19)8-18-10-5-6-12(16)11(7-10)15(17)20/h2-7,18-19H,8H2,1H3,(H2,17,20). The Morgan fingerprint density at radius 1 is 1.38 bits per heavy atom. The number of hydrogen-bond acceptors (Lipinski definition) is 4. The van der Waals surface area contributed by atoms with Crippen LogP contribution < -0.4 is 15.8 Å². The number of para-hydroxylation sites is 1. The Labute approximate surface area is 127 Å². The van der Waals surface area contributed by atoms with Gasteiger partial charge in [0.25, 0.3) is 0 Å². The molecule has 0 unspecified atom stereocenters. The van der Waals surface area contributed by atoms with Crippen molar-refractivity contribution in [3.63, 3.8) is 0 Å². The molecule has 1 amide bonds. The van der Waals surface area contributed by atoms with Crippen LogP contribution in [0.15, 0.2) is 36.4 Å². The fourth-order valence-electron chi connectivity index (χ4n) is 1.90. The van der Waals surface area contributed by atoms with Gasteiger partial charge in [0, 0.05) is 17.8 Å². The zero-order valence-electron chi connectivity index (χ0n) is 11.4. The fourth-order valence-corrected chi connectivity index (χ4v) is 2.11. The van der Waals surface area contributed by atoms with Gasteiger partial charge in [-0.2, -0.15) is 0 Å². The molecule has 0 radical (unpaired) electrons. The van der Waals surface area contributed by atoms with Gasteiger partial charge >= 0.3 is 0 Å². The van der Waals surface area contributed by atoms with Crippen LogP contribution in [0.3, 0.4) is 0 Å². The molecule has 5 nitrogen and oxygen atoms in total. The van der Waals surface area contributed by atoms with Crippen molar-refractivity contribution in [1.82, 2.24) is 0 Å². The summed E-state index contributed by atoms with van der Waals surface area (Å²) in [7, 11) is 1.49. The molecule has 0 saturated carbocycles. The number of phenolic OH excluding ortho intramolecular Hbond substituents is 1. The van der Waals surface area contributed by atoms with Crippen molar-refractivity contribution in [1.29, 1.82) is 0 Å². The lowest BCUT2D eigenvalue weighted by Crippen LogP contribution is -2.12. The first kappa shape index (κ1) is 15.0. The lowest BCUT2D eigenvalue weighted by molar-refractivity contribution is 0.100. The van der Waals surface area contributed by atoms with Gasteiger partial charge in [0.05, 0.1) is 17.7 Å². The number of nitrogens with one attached hydrogen (secondary N) is 1. The maximum atomic E-state index is 11.2. The average molecular weight is 307 g/mol. The number of aromatic hydroxyl groups is 1. The van der Waals surface area contributed by atoms with Crippen LogP contribution in [0.5, 0.6) is 11.5 Å². The Bertz CT molecular complexity index is 674. The molecule has 0 aliphatic rings. The van der Waals surface area contributed by atoms with E-state index in [0.29, 0.717) is 28.6 Å². The number of rotatable bonds is 5. The minimum Gasteiger partial charge on any atom is -0.504 e. The number of nitrogens with two attached hydrogens (primary N) is 1. The van der Waals surface area contributed by atoms with Crippen LogP contribution in [-0.2, 0) is 6.54 Å². The summed E-state index contributed by atoms with van der Waals surface area (Å²) in [6.07, 6.45) is 0. The third-order valence-electron chi connectivity index (χ3n) is 3.02. The lowest BCUT2D eigenvalue weighted by atomic mass is 10.1.